The van der Waals surface area contributed by atoms with Crippen LogP contribution in [0.2, 0.25) is 5.02 Å². The highest BCUT2D eigenvalue weighted by Crippen LogP contribution is 2.29. The van der Waals surface area contributed by atoms with Gasteiger partial charge in [-0.15, -0.1) is 11.3 Å². The summed E-state index contributed by atoms with van der Waals surface area (Å²) in [5, 5.41) is 4.53. The van der Waals surface area contributed by atoms with Gasteiger partial charge in [0.05, 0.1) is 5.69 Å². The van der Waals surface area contributed by atoms with E-state index in [1.807, 2.05) is 31.2 Å². The topological polar surface area (TPSA) is 45.2 Å². The second-order valence-corrected chi connectivity index (χ2v) is 7.54. The van der Waals surface area contributed by atoms with E-state index in [4.69, 9.17) is 11.6 Å². The lowest BCUT2D eigenvalue weighted by atomic mass is 10.1. The zero-order chi connectivity index (χ0) is 16.9. The number of piperidine rings is 1. The van der Waals surface area contributed by atoms with Crippen molar-refractivity contribution < 1.29 is 4.79 Å². The number of nitrogens with zero attached hydrogens (tertiary/aromatic N) is 2. The molecule has 1 N–H and O–H groups in total. The van der Waals surface area contributed by atoms with Crippen LogP contribution in [0.5, 0.6) is 0 Å². The van der Waals surface area contributed by atoms with Gasteiger partial charge < -0.3 is 10.2 Å². The minimum absolute atomic E-state index is 0.0321. The molecule has 6 heteroatoms. The van der Waals surface area contributed by atoms with Gasteiger partial charge in [-0.25, -0.2) is 4.98 Å². The number of amides is 1. The van der Waals surface area contributed by atoms with Gasteiger partial charge >= 0.3 is 0 Å². The van der Waals surface area contributed by atoms with Crippen molar-refractivity contribution in [1.82, 2.24) is 15.2 Å². The van der Waals surface area contributed by atoms with Crippen LogP contribution in [-0.4, -0.2) is 42.0 Å². The first-order chi connectivity index (χ1) is 11.6. The number of carbonyl (C=O) groups excluding carboxylic acids is 1. The molecule has 4 nitrogen and oxygen atoms in total. The second kappa shape index (κ2) is 8.10. The van der Waals surface area contributed by atoms with Crippen molar-refractivity contribution >= 4 is 28.8 Å². The lowest BCUT2D eigenvalue weighted by molar-refractivity contribution is 0.0950. The van der Waals surface area contributed by atoms with Crippen molar-refractivity contribution in [2.24, 2.45) is 0 Å². The molecule has 0 saturated carbocycles. The monoisotopic (exact) mass is 363 g/mol. The summed E-state index contributed by atoms with van der Waals surface area (Å²) in [6.45, 7) is 5.78. The lowest BCUT2D eigenvalue weighted by Gasteiger charge is -2.26. The number of carbonyl (C=O) groups is 1. The van der Waals surface area contributed by atoms with Crippen LogP contribution in [-0.2, 0) is 0 Å². The molecule has 1 aromatic carbocycles. The first kappa shape index (κ1) is 17.4. The molecule has 0 unspecified atom stereocenters. The molecular formula is C18H22ClN3OS. The van der Waals surface area contributed by atoms with Crippen LogP contribution < -0.4 is 5.32 Å². The number of hydrogen-bond acceptors (Lipinski definition) is 4. The maximum atomic E-state index is 12.4. The van der Waals surface area contributed by atoms with Crippen molar-refractivity contribution in [3.63, 3.8) is 0 Å². The highest BCUT2D eigenvalue weighted by molar-refractivity contribution is 7.17. The summed E-state index contributed by atoms with van der Waals surface area (Å²) in [6, 6.07) is 7.56. The Morgan fingerprint density at radius 1 is 1.33 bits per heavy atom. The maximum Gasteiger partial charge on any atom is 0.263 e. The molecule has 0 radical (unpaired) electrons. The minimum atomic E-state index is -0.0321. The third-order valence-corrected chi connectivity index (χ3v) is 5.68. The molecule has 0 atom stereocenters. The highest BCUT2D eigenvalue weighted by atomic mass is 35.5. The number of halogens is 1. The third kappa shape index (κ3) is 4.35. The Kier molecular flexibility index (Phi) is 5.87. The summed E-state index contributed by atoms with van der Waals surface area (Å²) in [5.41, 5.74) is 1.72. The van der Waals surface area contributed by atoms with Gasteiger partial charge in [-0.1, -0.05) is 30.2 Å². The van der Waals surface area contributed by atoms with Gasteiger partial charge in [0.15, 0.2) is 0 Å². The molecule has 24 heavy (non-hydrogen) atoms. The average molecular weight is 364 g/mol. The number of benzene rings is 1. The van der Waals surface area contributed by atoms with Gasteiger partial charge in [0.1, 0.15) is 9.88 Å². The Balaban J connectivity index is 1.60. The minimum Gasteiger partial charge on any atom is -0.350 e. The lowest BCUT2D eigenvalue weighted by Crippen LogP contribution is -2.37. The molecule has 0 bridgehead atoms. The molecule has 0 aliphatic carbocycles. The number of hydrogen-bond donors (Lipinski definition) is 1. The zero-order valence-corrected chi connectivity index (χ0v) is 15.4. The fourth-order valence-corrected chi connectivity index (χ4v) is 4.11. The fourth-order valence-electron chi connectivity index (χ4n) is 2.94. The highest BCUT2D eigenvalue weighted by Gasteiger charge is 2.17. The van der Waals surface area contributed by atoms with Crippen LogP contribution in [0.4, 0.5) is 0 Å². The smallest absolute Gasteiger partial charge is 0.263 e. The third-order valence-electron chi connectivity index (χ3n) is 4.24. The van der Waals surface area contributed by atoms with Gasteiger partial charge in [0.2, 0.25) is 0 Å². The first-order valence-electron chi connectivity index (χ1n) is 8.37. The predicted molar refractivity (Wildman–Crippen MR) is 99.9 cm³/mol. The standard InChI is InChI=1S/C18H22ClN3OS/c1-13-16(17(23)20-8-11-22-9-3-2-4-10-22)24-18(21-13)14-6-5-7-15(19)12-14/h5-7,12H,2-4,8-11H2,1H3,(H,20,23). The number of rotatable bonds is 5. The Hall–Kier alpha value is -1.43. The Morgan fingerprint density at radius 2 is 2.12 bits per heavy atom. The van der Waals surface area contributed by atoms with Crippen LogP contribution in [0, 0.1) is 6.92 Å². The van der Waals surface area contributed by atoms with E-state index in [1.165, 1.54) is 30.6 Å². The Labute approximate surface area is 151 Å². The van der Waals surface area contributed by atoms with E-state index < -0.39 is 0 Å². The maximum absolute atomic E-state index is 12.4. The van der Waals surface area contributed by atoms with Crippen molar-refractivity contribution in [3.8, 4) is 10.6 Å². The number of aromatic nitrogens is 1. The number of likely N-dealkylation sites (tertiary alicyclic amines) is 1. The number of aryl methyl sites for hydroxylation is 1. The SMILES string of the molecule is Cc1nc(-c2cccc(Cl)c2)sc1C(=O)NCCN1CCCCC1. The molecule has 1 aliphatic heterocycles. The molecule has 1 aliphatic rings. The van der Waals surface area contributed by atoms with E-state index in [2.05, 4.69) is 15.2 Å². The second-order valence-electron chi connectivity index (χ2n) is 6.10. The quantitative estimate of drug-likeness (QED) is 0.873. The first-order valence-corrected chi connectivity index (χ1v) is 9.57. The molecule has 1 aromatic heterocycles. The van der Waals surface area contributed by atoms with E-state index in [-0.39, 0.29) is 5.91 Å². The summed E-state index contributed by atoms with van der Waals surface area (Å²) in [7, 11) is 0. The zero-order valence-electron chi connectivity index (χ0n) is 13.8. The van der Waals surface area contributed by atoms with Crippen LogP contribution in [0.3, 0.4) is 0 Å². The van der Waals surface area contributed by atoms with E-state index in [1.54, 1.807) is 0 Å². The summed E-state index contributed by atoms with van der Waals surface area (Å²) in [5.74, 6) is -0.0321. The molecule has 128 valence electrons. The van der Waals surface area contributed by atoms with Crippen LogP contribution >= 0.6 is 22.9 Å². The van der Waals surface area contributed by atoms with Crippen LogP contribution in [0.15, 0.2) is 24.3 Å². The number of nitrogens with one attached hydrogen (secondary N) is 1. The molecular weight excluding hydrogens is 342 g/mol. The summed E-state index contributed by atoms with van der Waals surface area (Å²) < 4.78 is 0. The largest absolute Gasteiger partial charge is 0.350 e. The molecule has 2 heterocycles. The molecule has 3 rings (SSSR count). The van der Waals surface area contributed by atoms with Crippen molar-refractivity contribution in [2.45, 2.75) is 26.2 Å². The Bertz CT molecular complexity index is 710. The number of thiazole rings is 1. The van der Waals surface area contributed by atoms with Crippen molar-refractivity contribution in [3.05, 3.63) is 39.9 Å². The normalized spacial score (nSPS) is 15.4. The van der Waals surface area contributed by atoms with Crippen LogP contribution in [0.1, 0.15) is 34.6 Å². The van der Waals surface area contributed by atoms with Gasteiger partial charge in [-0.2, -0.15) is 0 Å². The van der Waals surface area contributed by atoms with Crippen molar-refractivity contribution in [2.75, 3.05) is 26.2 Å². The summed E-state index contributed by atoms with van der Waals surface area (Å²) in [4.78, 5) is 20.1. The molecule has 1 amide bonds. The van der Waals surface area contributed by atoms with E-state index in [0.29, 0.717) is 16.4 Å². The van der Waals surface area contributed by atoms with E-state index >= 15 is 0 Å². The van der Waals surface area contributed by atoms with Crippen LogP contribution in [0.25, 0.3) is 10.6 Å². The average Bonchev–Trinajstić information content (AvgIpc) is 2.98. The predicted octanol–water partition coefficient (Wildman–Crippen LogP) is 3.99. The molecule has 0 spiro atoms. The Morgan fingerprint density at radius 3 is 2.88 bits per heavy atom. The molecule has 1 fully saturated rings. The summed E-state index contributed by atoms with van der Waals surface area (Å²) in [6.07, 6.45) is 3.87. The molecule has 2 aromatic rings. The van der Waals surface area contributed by atoms with E-state index in [0.717, 1.165) is 35.9 Å². The van der Waals surface area contributed by atoms with Gasteiger partial charge in [0.25, 0.3) is 5.91 Å². The van der Waals surface area contributed by atoms with Crippen molar-refractivity contribution in [1.29, 1.82) is 0 Å². The van der Waals surface area contributed by atoms with Gasteiger partial charge in [-0.3, -0.25) is 4.79 Å². The summed E-state index contributed by atoms with van der Waals surface area (Å²) >= 11 is 7.46. The van der Waals surface area contributed by atoms with E-state index in [9.17, 15) is 4.79 Å². The molecule has 1 saturated heterocycles. The van der Waals surface area contributed by atoms with Gasteiger partial charge in [0, 0.05) is 23.7 Å². The fraction of sp³-hybridized carbons (Fsp3) is 0.444. The van der Waals surface area contributed by atoms with Gasteiger partial charge in [-0.05, 0) is 45.0 Å².